The summed E-state index contributed by atoms with van der Waals surface area (Å²) >= 11 is 1.36. The van der Waals surface area contributed by atoms with Crippen molar-refractivity contribution in [3.63, 3.8) is 0 Å². The van der Waals surface area contributed by atoms with Gasteiger partial charge in [-0.1, -0.05) is 12.1 Å². The molecule has 3 heterocycles. The van der Waals surface area contributed by atoms with Crippen LogP contribution in [0.4, 0.5) is 5.69 Å². The summed E-state index contributed by atoms with van der Waals surface area (Å²) in [4.78, 5) is 32.1. The third-order valence-electron chi connectivity index (χ3n) is 5.03. The number of aromatic nitrogens is 2. The topological polar surface area (TPSA) is 70.6 Å². The fourth-order valence-electron chi connectivity index (χ4n) is 3.52. The number of anilines is 1. The molecule has 3 aromatic rings. The maximum atomic E-state index is 12.5. The van der Waals surface area contributed by atoms with Crippen LogP contribution in [0.5, 0.6) is 5.75 Å². The maximum Gasteiger partial charge on any atom is 0.328 e. The molecule has 1 N–H and O–H groups in total. The number of thiophene rings is 1. The quantitative estimate of drug-likeness (QED) is 0.721. The summed E-state index contributed by atoms with van der Waals surface area (Å²) in [6.45, 7) is 4.61. The Bertz CT molecular complexity index is 1050. The second-order valence-electron chi connectivity index (χ2n) is 6.55. The second kappa shape index (κ2) is 7.58. The van der Waals surface area contributed by atoms with E-state index in [0.29, 0.717) is 23.3 Å². The van der Waals surface area contributed by atoms with Crippen molar-refractivity contribution in [1.82, 2.24) is 14.5 Å². The monoisotopic (exact) mass is 386 g/mol. The minimum atomic E-state index is -0.335. The molecular formula is C19H22N4O3S. The van der Waals surface area contributed by atoms with Crippen LogP contribution in [0.2, 0.25) is 0 Å². The molecule has 142 valence electrons. The molecule has 0 atom stereocenters. The zero-order chi connectivity index (χ0) is 18.8. The van der Waals surface area contributed by atoms with Gasteiger partial charge in [0.25, 0.3) is 5.56 Å². The Labute approximate surface area is 160 Å². The summed E-state index contributed by atoms with van der Waals surface area (Å²) < 4.78 is 7.37. The summed E-state index contributed by atoms with van der Waals surface area (Å²) in [6.07, 6.45) is 0. The van der Waals surface area contributed by atoms with Gasteiger partial charge in [-0.05, 0) is 23.6 Å². The fraction of sp³-hybridized carbons (Fsp3) is 0.368. The van der Waals surface area contributed by atoms with Gasteiger partial charge in [-0.15, -0.1) is 11.3 Å². The molecule has 1 saturated heterocycles. The highest BCUT2D eigenvalue weighted by molar-refractivity contribution is 7.17. The van der Waals surface area contributed by atoms with Crippen LogP contribution >= 0.6 is 11.3 Å². The zero-order valence-electron chi connectivity index (χ0n) is 15.2. The van der Waals surface area contributed by atoms with Crippen molar-refractivity contribution in [1.29, 1.82) is 0 Å². The second-order valence-corrected chi connectivity index (χ2v) is 7.47. The van der Waals surface area contributed by atoms with E-state index in [1.807, 2.05) is 23.6 Å². The normalized spacial score (nSPS) is 15.4. The van der Waals surface area contributed by atoms with Crippen LogP contribution < -0.4 is 20.9 Å². The van der Waals surface area contributed by atoms with Gasteiger partial charge in [0, 0.05) is 39.3 Å². The third-order valence-corrected chi connectivity index (χ3v) is 5.93. The van der Waals surface area contributed by atoms with Crippen LogP contribution in [0.25, 0.3) is 10.2 Å². The lowest BCUT2D eigenvalue weighted by atomic mass is 10.2. The Hall–Kier alpha value is -2.58. The van der Waals surface area contributed by atoms with Gasteiger partial charge < -0.3 is 14.6 Å². The molecule has 27 heavy (non-hydrogen) atoms. The Balaban J connectivity index is 1.40. The van der Waals surface area contributed by atoms with Crippen molar-refractivity contribution < 1.29 is 4.74 Å². The van der Waals surface area contributed by atoms with Gasteiger partial charge in [0.05, 0.1) is 18.3 Å². The predicted octanol–water partition coefficient (Wildman–Crippen LogP) is 1.58. The highest BCUT2D eigenvalue weighted by atomic mass is 32.1. The zero-order valence-corrected chi connectivity index (χ0v) is 16.0. The molecule has 0 radical (unpaired) electrons. The van der Waals surface area contributed by atoms with E-state index < -0.39 is 0 Å². The molecule has 1 fully saturated rings. The van der Waals surface area contributed by atoms with E-state index >= 15 is 0 Å². The summed E-state index contributed by atoms with van der Waals surface area (Å²) in [5.74, 6) is 0.883. The van der Waals surface area contributed by atoms with Gasteiger partial charge in [-0.2, -0.15) is 0 Å². The minimum absolute atomic E-state index is 0.198. The largest absolute Gasteiger partial charge is 0.495 e. The lowest BCUT2D eigenvalue weighted by Gasteiger charge is -2.36. The van der Waals surface area contributed by atoms with E-state index in [-0.39, 0.29) is 11.2 Å². The number of piperazine rings is 1. The molecule has 4 rings (SSSR count). The first-order chi connectivity index (χ1) is 13.2. The molecule has 1 aliphatic heterocycles. The lowest BCUT2D eigenvalue weighted by molar-refractivity contribution is 0.245. The molecule has 8 heteroatoms. The SMILES string of the molecule is COc1ccccc1N1CCN(CCn2c(=O)[nH]c3ccsc3c2=O)CC1. The van der Waals surface area contributed by atoms with Gasteiger partial charge in [0.2, 0.25) is 0 Å². The Morgan fingerprint density at radius 2 is 1.85 bits per heavy atom. The average molecular weight is 386 g/mol. The minimum Gasteiger partial charge on any atom is -0.495 e. The van der Waals surface area contributed by atoms with Crippen LogP contribution in [-0.4, -0.2) is 54.3 Å². The van der Waals surface area contributed by atoms with Crippen molar-refractivity contribution in [3.05, 3.63) is 56.5 Å². The molecule has 2 aromatic heterocycles. The van der Waals surface area contributed by atoms with Gasteiger partial charge >= 0.3 is 5.69 Å². The van der Waals surface area contributed by atoms with Crippen molar-refractivity contribution in [2.75, 3.05) is 44.7 Å². The van der Waals surface area contributed by atoms with Crippen molar-refractivity contribution >= 4 is 27.2 Å². The van der Waals surface area contributed by atoms with Crippen LogP contribution in [0, 0.1) is 0 Å². The first-order valence-corrected chi connectivity index (χ1v) is 9.86. The summed E-state index contributed by atoms with van der Waals surface area (Å²) in [5, 5.41) is 1.82. The highest BCUT2D eigenvalue weighted by Gasteiger charge is 2.20. The Morgan fingerprint density at radius 1 is 1.07 bits per heavy atom. The number of methoxy groups -OCH3 is 1. The van der Waals surface area contributed by atoms with E-state index in [9.17, 15) is 9.59 Å². The molecule has 0 saturated carbocycles. The predicted molar refractivity (Wildman–Crippen MR) is 108 cm³/mol. The number of hydrogen-bond acceptors (Lipinski definition) is 6. The van der Waals surface area contributed by atoms with E-state index in [0.717, 1.165) is 37.6 Å². The first kappa shape index (κ1) is 17.8. The smallest absolute Gasteiger partial charge is 0.328 e. The van der Waals surface area contributed by atoms with Gasteiger partial charge in [0.1, 0.15) is 10.4 Å². The maximum absolute atomic E-state index is 12.5. The molecule has 0 unspecified atom stereocenters. The van der Waals surface area contributed by atoms with Crippen LogP contribution in [-0.2, 0) is 6.54 Å². The standard InChI is InChI=1S/C19H22N4O3S/c1-26-16-5-3-2-4-15(16)22-10-7-21(8-11-22)9-12-23-18(24)17-14(6-13-27-17)20-19(23)25/h2-6,13H,7-12H2,1H3,(H,20,25). The van der Waals surface area contributed by atoms with Gasteiger partial charge in [-0.25, -0.2) is 4.79 Å². The number of nitrogens with zero attached hydrogens (tertiary/aromatic N) is 3. The molecule has 0 spiro atoms. The fourth-order valence-corrected chi connectivity index (χ4v) is 4.32. The van der Waals surface area contributed by atoms with Crippen molar-refractivity contribution in [3.8, 4) is 5.75 Å². The van der Waals surface area contributed by atoms with Gasteiger partial charge in [0.15, 0.2) is 0 Å². The van der Waals surface area contributed by atoms with E-state index in [2.05, 4.69) is 20.9 Å². The summed E-state index contributed by atoms with van der Waals surface area (Å²) in [5.41, 5.74) is 1.20. The van der Waals surface area contributed by atoms with Crippen LogP contribution in [0.1, 0.15) is 0 Å². The molecule has 1 aliphatic rings. The van der Waals surface area contributed by atoms with E-state index in [4.69, 9.17) is 4.74 Å². The third kappa shape index (κ3) is 3.50. The number of aromatic amines is 1. The molecular weight excluding hydrogens is 364 g/mol. The van der Waals surface area contributed by atoms with Crippen molar-refractivity contribution in [2.24, 2.45) is 0 Å². The van der Waals surface area contributed by atoms with Gasteiger partial charge in [-0.3, -0.25) is 14.3 Å². The Morgan fingerprint density at radius 3 is 2.63 bits per heavy atom. The molecule has 1 aromatic carbocycles. The number of H-pyrrole nitrogens is 1. The first-order valence-electron chi connectivity index (χ1n) is 8.98. The molecule has 0 aliphatic carbocycles. The van der Waals surface area contributed by atoms with Crippen molar-refractivity contribution in [2.45, 2.75) is 6.54 Å². The van der Waals surface area contributed by atoms with E-state index in [1.165, 1.54) is 15.9 Å². The number of benzene rings is 1. The average Bonchev–Trinajstić information content (AvgIpc) is 3.17. The lowest BCUT2D eigenvalue weighted by Crippen LogP contribution is -2.48. The number of nitrogens with one attached hydrogen (secondary N) is 1. The molecule has 7 nitrogen and oxygen atoms in total. The summed E-state index contributed by atoms with van der Waals surface area (Å²) in [7, 11) is 1.69. The van der Waals surface area contributed by atoms with E-state index in [1.54, 1.807) is 13.2 Å². The number of hydrogen-bond donors (Lipinski definition) is 1. The number of fused-ring (bicyclic) bond motifs is 1. The molecule has 0 amide bonds. The molecule has 0 bridgehead atoms. The van der Waals surface area contributed by atoms with Crippen LogP contribution in [0.3, 0.4) is 0 Å². The highest BCUT2D eigenvalue weighted by Crippen LogP contribution is 2.28. The number of ether oxygens (including phenoxy) is 1. The number of para-hydroxylation sites is 2. The number of rotatable bonds is 5. The van der Waals surface area contributed by atoms with Crippen LogP contribution in [0.15, 0.2) is 45.3 Å². The summed E-state index contributed by atoms with van der Waals surface area (Å²) in [6, 6.07) is 9.80. The Kier molecular flexibility index (Phi) is 5.00.